The Kier molecular flexibility index (Phi) is 5.92. The van der Waals surface area contributed by atoms with Crippen LogP contribution >= 0.6 is 0 Å². The fourth-order valence-corrected chi connectivity index (χ4v) is 3.84. The van der Waals surface area contributed by atoms with Gasteiger partial charge < -0.3 is 9.88 Å². The van der Waals surface area contributed by atoms with Gasteiger partial charge in [0.15, 0.2) is 5.78 Å². The van der Waals surface area contributed by atoms with Crippen molar-refractivity contribution in [2.24, 2.45) is 0 Å². The van der Waals surface area contributed by atoms with Gasteiger partial charge in [0.25, 0.3) is 5.56 Å². The van der Waals surface area contributed by atoms with E-state index < -0.39 is 5.69 Å². The van der Waals surface area contributed by atoms with Crippen LogP contribution in [0.5, 0.6) is 0 Å². The Morgan fingerprint density at radius 2 is 1.87 bits per heavy atom. The van der Waals surface area contributed by atoms with Gasteiger partial charge in [-0.1, -0.05) is 0 Å². The number of carbonyl (C=O) groups excluding carboxylic acids is 2. The number of carbonyl (C=O) groups is 2. The van der Waals surface area contributed by atoms with Crippen molar-refractivity contribution in [2.75, 3.05) is 6.54 Å². The lowest BCUT2D eigenvalue weighted by Crippen LogP contribution is -2.38. The Hall–Kier alpha value is -3.75. The third-order valence-corrected chi connectivity index (χ3v) is 5.50. The van der Waals surface area contributed by atoms with Crippen LogP contribution in [0.4, 0.5) is 0 Å². The Morgan fingerprint density at radius 3 is 2.61 bits per heavy atom. The molecule has 1 aliphatic carbocycles. The maximum atomic E-state index is 12.4. The number of benzene rings is 1. The molecule has 0 atom stereocenters. The summed E-state index contributed by atoms with van der Waals surface area (Å²) >= 11 is 0. The molecule has 2 N–H and O–H groups in total. The summed E-state index contributed by atoms with van der Waals surface area (Å²) in [6.45, 7) is 0.0411. The predicted molar refractivity (Wildman–Crippen MR) is 113 cm³/mol. The lowest BCUT2D eigenvalue weighted by atomic mass is 9.97. The van der Waals surface area contributed by atoms with E-state index in [1.54, 1.807) is 24.7 Å². The van der Waals surface area contributed by atoms with E-state index in [9.17, 15) is 19.2 Å². The second-order valence-corrected chi connectivity index (χ2v) is 7.51. The monoisotopic (exact) mass is 421 g/mol. The first-order chi connectivity index (χ1) is 15.0. The van der Waals surface area contributed by atoms with E-state index in [-0.39, 0.29) is 36.8 Å². The number of imidazole rings is 1. The molecule has 1 aromatic carbocycles. The molecular weight excluding hydrogens is 398 g/mol. The number of nitrogens with one attached hydrogen (secondary N) is 2. The van der Waals surface area contributed by atoms with Crippen molar-refractivity contribution in [3.63, 3.8) is 0 Å². The zero-order valence-corrected chi connectivity index (χ0v) is 17.0. The van der Waals surface area contributed by atoms with E-state index >= 15 is 0 Å². The molecule has 1 amide bonds. The topological polar surface area (TPSA) is 119 Å². The maximum absolute atomic E-state index is 12.4. The number of nitrogens with zero attached hydrogens (tertiary/aromatic N) is 3. The van der Waals surface area contributed by atoms with E-state index in [1.807, 2.05) is 22.9 Å². The normalized spacial score (nSPS) is 12.9. The highest BCUT2D eigenvalue weighted by Gasteiger charge is 2.18. The van der Waals surface area contributed by atoms with Gasteiger partial charge in [0, 0.05) is 47.9 Å². The second-order valence-electron chi connectivity index (χ2n) is 7.51. The van der Waals surface area contributed by atoms with Gasteiger partial charge in [-0.15, -0.1) is 0 Å². The molecule has 0 spiro atoms. The minimum atomic E-state index is -0.493. The summed E-state index contributed by atoms with van der Waals surface area (Å²) in [4.78, 5) is 55.1. The molecule has 0 bridgehead atoms. The number of fused-ring (bicyclic) bond motifs is 1. The molecule has 0 radical (unpaired) electrons. The molecule has 2 heterocycles. The first-order valence-corrected chi connectivity index (χ1v) is 10.3. The van der Waals surface area contributed by atoms with Crippen LogP contribution in [0.3, 0.4) is 0 Å². The first-order valence-electron chi connectivity index (χ1n) is 10.3. The molecule has 9 nitrogen and oxygen atoms in total. The third-order valence-electron chi connectivity index (χ3n) is 5.50. The molecule has 0 aliphatic heterocycles. The average Bonchev–Trinajstić information content (AvgIpc) is 3.32. The lowest BCUT2D eigenvalue weighted by Gasteiger charge is -2.19. The molecule has 4 rings (SSSR count). The van der Waals surface area contributed by atoms with Gasteiger partial charge in [-0.25, -0.2) is 9.78 Å². The van der Waals surface area contributed by atoms with Crippen LogP contribution in [0.1, 0.15) is 40.9 Å². The van der Waals surface area contributed by atoms with Crippen molar-refractivity contribution in [2.45, 2.75) is 38.6 Å². The Balaban J connectivity index is 1.33. The van der Waals surface area contributed by atoms with Gasteiger partial charge in [0.2, 0.25) is 5.91 Å². The fourth-order valence-electron chi connectivity index (χ4n) is 3.84. The summed E-state index contributed by atoms with van der Waals surface area (Å²) in [6, 6.07) is 7.02. The molecule has 0 fully saturated rings. The number of Topliss-reactive ketones (excluding diaryl/α,β-unsaturated/α-hetero) is 1. The number of amides is 1. The molecule has 160 valence electrons. The van der Waals surface area contributed by atoms with Gasteiger partial charge >= 0.3 is 5.69 Å². The number of aromatic amines is 1. The van der Waals surface area contributed by atoms with Crippen LogP contribution in [0.15, 0.2) is 52.6 Å². The minimum absolute atomic E-state index is 0.0469. The van der Waals surface area contributed by atoms with Crippen molar-refractivity contribution < 1.29 is 9.59 Å². The molecule has 0 saturated heterocycles. The smallest absolute Gasteiger partial charge is 0.328 e. The SMILES string of the molecule is O=C(CCn1c2c(c(=O)[nH]c1=O)CCCC2)NCC(=O)c1ccc(-n2ccnc2)cc1. The average molecular weight is 421 g/mol. The van der Waals surface area contributed by atoms with Crippen molar-refractivity contribution >= 4 is 11.7 Å². The van der Waals surface area contributed by atoms with Crippen LogP contribution in [0.2, 0.25) is 0 Å². The predicted octanol–water partition coefficient (Wildman–Crippen LogP) is 0.990. The van der Waals surface area contributed by atoms with Gasteiger partial charge in [0.05, 0.1) is 12.9 Å². The van der Waals surface area contributed by atoms with E-state index in [4.69, 9.17) is 0 Å². The van der Waals surface area contributed by atoms with E-state index in [1.165, 1.54) is 4.57 Å². The molecule has 1 aliphatic rings. The summed E-state index contributed by atoms with van der Waals surface area (Å²) in [5.74, 6) is -0.532. The third kappa shape index (κ3) is 4.55. The molecule has 3 aromatic rings. The molecule has 9 heteroatoms. The Bertz CT molecular complexity index is 1210. The Labute approximate surface area is 177 Å². The maximum Gasteiger partial charge on any atom is 0.328 e. The largest absolute Gasteiger partial charge is 0.349 e. The molecule has 31 heavy (non-hydrogen) atoms. The summed E-state index contributed by atoms with van der Waals surface area (Å²) in [7, 11) is 0. The fraction of sp³-hybridized carbons (Fsp3) is 0.318. The van der Waals surface area contributed by atoms with E-state index in [2.05, 4.69) is 15.3 Å². The van der Waals surface area contributed by atoms with Crippen LogP contribution in [0, 0.1) is 0 Å². The number of rotatable bonds is 7. The number of aromatic nitrogens is 4. The molecule has 0 unspecified atom stereocenters. The van der Waals surface area contributed by atoms with Crippen LogP contribution in [0.25, 0.3) is 5.69 Å². The highest BCUT2D eigenvalue weighted by molar-refractivity contribution is 5.99. The van der Waals surface area contributed by atoms with Crippen LogP contribution in [-0.2, 0) is 24.2 Å². The summed E-state index contributed by atoms with van der Waals surface area (Å²) in [6.07, 6.45) is 8.33. The molecular formula is C22H23N5O4. The minimum Gasteiger partial charge on any atom is -0.349 e. The summed E-state index contributed by atoms with van der Waals surface area (Å²) in [5.41, 5.74) is 1.92. The van der Waals surface area contributed by atoms with Gasteiger partial charge in [-0.05, 0) is 49.9 Å². The van der Waals surface area contributed by atoms with E-state index in [0.29, 0.717) is 24.0 Å². The lowest BCUT2D eigenvalue weighted by molar-refractivity contribution is -0.121. The molecule has 0 saturated carbocycles. The van der Waals surface area contributed by atoms with Gasteiger partial charge in [-0.2, -0.15) is 0 Å². The number of ketones is 1. The highest BCUT2D eigenvalue weighted by atomic mass is 16.2. The van der Waals surface area contributed by atoms with E-state index in [0.717, 1.165) is 24.2 Å². The second kappa shape index (κ2) is 8.95. The van der Waals surface area contributed by atoms with Crippen molar-refractivity contribution in [1.82, 2.24) is 24.4 Å². The molecule has 2 aromatic heterocycles. The van der Waals surface area contributed by atoms with Crippen molar-refractivity contribution in [3.05, 3.63) is 80.6 Å². The standard InChI is InChI=1S/C22H23N5O4/c28-19(15-5-7-16(8-6-15)26-12-10-23-14-26)13-24-20(29)9-11-27-18-4-2-1-3-17(18)21(30)25-22(27)31/h5-8,10,12,14H,1-4,9,11,13H2,(H,24,29)(H,25,30,31). The van der Waals surface area contributed by atoms with Crippen LogP contribution in [-0.4, -0.2) is 37.3 Å². The van der Waals surface area contributed by atoms with Gasteiger partial charge in [-0.3, -0.25) is 23.9 Å². The zero-order chi connectivity index (χ0) is 21.8. The highest BCUT2D eigenvalue weighted by Crippen LogP contribution is 2.16. The first kappa shape index (κ1) is 20.5. The van der Waals surface area contributed by atoms with Gasteiger partial charge in [0.1, 0.15) is 0 Å². The number of hydrogen-bond donors (Lipinski definition) is 2. The summed E-state index contributed by atoms with van der Waals surface area (Å²) in [5, 5.41) is 2.61. The Morgan fingerprint density at radius 1 is 1.10 bits per heavy atom. The number of hydrogen-bond acceptors (Lipinski definition) is 5. The zero-order valence-electron chi connectivity index (χ0n) is 17.0. The van der Waals surface area contributed by atoms with Crippen molar-refractivity contribution in [3.8, 4) is 5.69 Å². The number of H-pyrrole nitrogens is 1. The summed E-state index contributed by atoms with van der Waals surface area (Å²) < 4.78 is 3.31. The quantitative estimate of drug-likeness (QED) is 0.552. The van der Waals surface area contributed by atoms with Crippen molar-refractivity contribution in [1.29, 1.82) is 0 Å². The van der Waals surface area contributed by atoms with Crippen LogP contribution < -0.4 is 16.6 Å².